The number of rotatable bonds is 3. The molecule has 10 heteroatoms. The van der Waals surface area contributed by atoms with Gasteiger partial charge in [-0.3, -0.25) is 11.3 Å². The Bertz CT molecular complexity index is 355. The van der Waals surface area contributed by atoms with Gasteiger partial charge in [0.15, 0.2) is 0 Å². The van der Waals surface area contributed by atoms with Crippen LogP contribution in [0.25, 0.3) is 0 Å². The van der Waals surface area contributed by atoms with Crippen LogP contribution in [0.5, 0.6) is 0 Å². The molecule has 0 aromatic carbocycles. The molecule has 0 aliphatic rings. The summed E-state index contributed by atoms with van der Waals surface area (Å²) in [6.07, 6.45) is 0. The van der Waals surface area contributed by atoms with Crippen LogP contribution in [0.1, 0.15) is 0 Å². The average molecular weight is 210 g/mol. The summed E-state index contributed by atoms with van der Waals surface area (Å²) < 4.78 is 21.0. The fourth-order valence-electron chi connectivity index (χ4n) is 0.437. The Balaban J connectivity index is 2.92. The van der Waals surface area contributed by atoms with Gasteiger partial charge in [-0.25, -0.2) is 13.6 Å². The van der Waals surface area contributed by atoms with E-state index in [1.54, 1.807) is 0 Å². The van der Waals surface area contributed by atoms with E-state index < -0.39 is 10.0 Å². The smallest absolute Gasteiger partial charge is 0.267 e. The molecular formula is C2H6N6O2S2. The molecule has 8 nitrogen and oxygen atoms in total. The predicted molar refractivity (Wildman–Crippen MR) is 42.2 cm³/mol. The Morgan fingerprint density at radius 2 is 2.08 bits per heavy atom. The highest BCUT2D eigenvalue weighted by atomic mass is 32.2. The molecule has 0 saturated carbocycles. The Labute approximate surface area is 72.0 Å². The minimum Gasteiger partial charge on any atom is -0.282 e. The minimum atomic E-state index is -3.76. The summed E-state index contributed by atoms with van der Waals surface area (Å²) >= 11 is 0.776. The molecule has 0 spiro atoms. The van der Waals surface area contributed by atoms with E-state index >= 15 is 0 Å². The van der Waals surface area contributed by atoms with Gasteiger partial charge in [0.2, 0.25) is 9.47 Å². The molecule has 0 aliphatic heterocycles. The predicted octanol–water partition coefficient (Wildman–Crippen LogP) is -2.02. The van der Waals surface area contributed by atoms with Crippen LogP contribution in [-0.4, -0.2) is 18.6 Å². The SMILES string of the molecule is NNNc1nnc(S(N)(=O)=O)s1. The Kier molecular flexibility index (Phi) is 2.54. The molecule has 1 rings (SSSR count). The van der Waals surface area contributed by atoms with Crippen LogP contribution in [0, 0.1) is 0 Å². The lowest BCUT2D eigenvalue weighted by Crippen LogP contribution is -2.28. The molecule has 0 amide bonds. The largest absolute Gasteiger partial charge is 0.282 e. The lowest BCUT2D eigenvalue weighted by molar-refractivity contribution is 0.596. The maximum atomic E-state index is 10.7. The highest BCUT2D eigenvalue weighted by Crippen LogP contribution is 2.16. The highest BCUT2D eigenvalue weighted by molar-refractivity contribution is 7.91. The standard InChI is InChI=1S/C2H6N6O2S2/c3-8-6-1-5-7-2(11-1)12(4,9)10/h8H,3H2,(H,5,6)(H2,4,9,10). The van der Waals surface area contributed by atoms with E-state index in [-0.39, 0.29) is 9.47 Å². The Morgan fingerprint density at radius 1 is 1.42 bits per heavy atom. The molecule has 0 atom stereocenters. The van der Waals surface area contributed by atoms with Crippen molar-refractivity contribution >= 4 is 26.5 Å². The molecule has 0 saturated heterocycles. The molecule has 0 unspecified atom stereocenters. The maximum absolute atomic E-state index is 10.7. The summed E-state index contributed by atoms with van der Waals surface area (Å²) in [5, 5.41) is 11.7. The molecule has 0 aliphatic carbocycles. The fraction of sp³-hybridized carbons (Fsp3) is 0. The average Bonchev–Trinajstić information content (AvgIpc) is 2.35. The van der Waals surface area contributed by atoms with E-state index in [1.165, 1.54) is 0 Å². The van der Waals surface area contributed by atoms with Crippen molar-refractivity contribution in [2.45, 2.75) is 4.34 Å². The Morgan fingerprint density at radius 3 is 2.50 bits per heavy atom. The van der Waals surface area contributed by atoms with Crippen molar-refractivity contribution in [3.05, 3.63) is 0 Å². The first-order chi connectivity index (χ1) is 5.54. The van der Waals surface area contributed by atoms with Crippen molar-refractivity contribution in [1.29, 1.82) is 0 Å². The van der Waals surface area contributed by atoms with E-state index in [2.05, 4.69) is 21.2 Å². The molecule has 0 bridgehead atoms. The molecule has 12 heavy (non-hydrogen) atoms. The van der Waals surface area contributed by atoms with Crippen molar-refractivity contribution in [2.24, 2.45) is 11.0 Å². The van der Waals surface area contributed by atoms with E-state index in [9.17, 15) is 8.42 Å². The number of aromatic nitrogens is 2. The van der Waals surface area contributed by atoms with Crippen molar-refractivity contribution in [3.8, 4) is 0 Å². The van der Waals surface area contributed by atoms with Crippen LogP contribution in [-0.2, 0) is 10.0 Å². The fourth-order valence-corrected chi connectivity index (χ4v) is 1.73. The normalized spacial score (nSPS) is 11.5. The molecule has 6 N–H and O–H groups in total. The van der Waals surface area contributed by atoms with Crippen LogP contribution >= 0.6 is 11.3 Å². The number of primary sulfonamides is 1. The highest BCUT2D eigenvalue weighted by Gasteiger charge is 2.14. The minimum absolute atomic E-state index is 0.224. The number of hydrogen-bond acceptors (Lipinski definition) is 8. The van der Waals surface area contributed by atoms with E-state index in [4.69, 9.17) is 11.0 Å². The molecule has 0 fully saturated rings. The van der Waals surface area contributed by atoms with Gasteiger partial charge in [-0.15, -0.1) is 10.2 Å². The van der Waals surface area contributed by atoms with Crippen LogP contribution in [0.3, 0.4) is 0 Å². The first-order valence-electron chi connectivity index (χ1n) is 2.62. The van der Waals surface area contributed by atoms with Gasteiger partial charge in [-0.05, 0) is 0 Å². The lowest BCUT2D eigenvalue weighted by Gasteiger charge is -1.93. The number of nitrogens with two attached hydrogens (primary N) is 2. The molecule has 1 aromatic heterocycles. The quantitative estimate of drug-likeness (QED) is 0.334. The third-order valence-electron chi connectivity index (χ3n) is 0.829. The second-order valence-electron chi connectivity index (χ2n) is 1.69. The third kappa shape index (κ3) is 2.09. The number of nitrogens with one attached hydrogen (secondary N) is 2. The van der Waals surface area contributed by atoms with Gasteiger partial charge in [0.1, 0.15) is 0 Å². The van der Waals surface area contributed by atoms with Crippen molar-refractivity contribution in [1.82, 2.24) is 15.7 Å². The topological polar surface area (TPSA) is 136 Å². The zero-order valence-electron chi connectivity index (χ0n) is 5.68. The number of sulfonamides is 1. The molecule has 68 valence electrons. The first-order valence-corrected chi connectivity index (χ1v) is 4.98. The van der Waals surface area contributed by atoms with Gasteiger partial charge in [0.05, 0.1) is 0 Å². The molecule has 1 heterocycles. The third-order valence-corrected chi connectivity index (χ3v) is 2.98. The number of nitrogens with zero attached hydrogens (tertiary/aromatic N) is 2. The van der Waals surface area contributed by atoms with Gasteiger partial charge >= 0.3 is 0 Å². The van der Waals surface area contributed by atoms with Gasteiger partial charge in [-0.2, -0.15) is 5.53 Å². The lowest BCUT2D eigenvalue weighted by atomic mass is 11.3. The maximum Gasteiger partial charge on any atom is 0.267 e. The summed E-state index contributed by atoms with van der Waals surface area (Å²) in [5.74, 6) is 4.88. The molecule has 0 radical (unpaired) electrons. The van der Waals surface area contributed by atoms with Crippen molar-refractivity contribution < 1.29 is 8.42 Å². The summed E-state index contributed by atoms with van der Waals surface area (Å²) in [6, 6.07) is 0. The van der Waals surface area contributed by atoms with E-state index in [1.807, 2.05) is 0 Å². The molecule has 1 aromatic rings. The number of hydrazine groups is 2. The summed E-state index contributed by atoms with van der Waals surface area (Å²) in [4.78, 5) is 0. The first kappa shape index (κ1) is 9.28. The summed E-state index contributed by atoms with van der Waals surface area (Å²) in [5.41, 5.74) is 4.42. The van der Waals surface area contributed by atoms with Gasteiger partial charge in [-0.1, -0.05) is 11.3 Å². The van der Waals surface area contributed by atoms with E-state index in [0.717, 1.165) is 11.3 Å². The van der Waals surface area contributed by atoms with Crippen LogP contribution in [0.4, 0.5) is 5.13 Å². The van der Waals surface area contributed by atoms with Crippen molar-refractivity contribution in [2.75, 3.05) is 5.43 Å². The monoisotopic (exact) mass is 210 g/mol. The number of hydrogen-bond donors (Lipinski definition) is 4. The zero-order valence-corrected chi connectivity index (χ0v) is 7.32. The van der Waals surface area contributed by atoms with Crippen LogP contribution < -0.4 is 21.9 Å². The van der Waals surface area contributed by atoms with Gasteiger partial charge in [0.25, 0.3) is 10.0 Å². The number of anilines is 1. The molecular weight excluding hydrogens is 204 g/mol. The van der Waals surface area contributed by atoms with Crippen LogP contribution in [0.15, 0.2) is 4.34 Å². The van der Waals surface area contributed by atoms with Gasteiger partial charge in [0, 0.05) is 0 Å². The second-order valence-corrected chi connectivity index (χ2v) is 4.40. The van der Waals surface area contributed by atoms with Crippen molar-refractivity contribution in [3.63, 3.8) is 0 Å². The second kappa shape index (κ2) is 3.28. The summed E-state index contributed by atoms with van der Waals surface area (Å²) in [6.45, 7) is 0. The summed E-state index contributed by atoms with van der Waals surface area (Å²) in [7, 11) is -3.76. The van der Waals surface area contributed by atoms with E-state index in [0.29, 0.717) is 0 Å². The van der Waals surface area contributed by atoms with Crippen LogP contribution in [0.2, 0.25) is 0 Å². The van der Waals surface area contributed by atoms with Gasteiger partial charge < -0.3 is 0 Å². The zero-order chi connectivity index (χ0) is 9.19. The Hall–Kier alpha value is -0.810.